The fourth-order valence-electron chi connectivity index (χ4n) is 2.55. The van der Waals surface area contributed by atoms with Gasteiger partial charge in [-0.2, -0.15) is 0 Å². The van der Waals surface area contributed by atoms with Crippen molar-refractivity contribution in [2.24, 2.45) is 16.6 Å². The fourth-order valence-corrected chi connectivity index (χ4v) is 3.84. The predicted molar refractivity (Wildman–Crippen MR) is 90.3 cm³/mol. The summed E-state index contributed by atoms with van der Waals surface area (Å²) in [6.07, 6.45) is 2.01. The van der Waals surface area contributed by atoms with E-state index in [1.807, 2.05) is 0 Å². The Hall–Kier alpha value is -0.0900. The van der Waals surface area contributed by atoms with Crippen LogP contribution in [-0.2, 0) is 14.6 Å². The lowest BCUT2D eigenvalue weighted by molar-refractivity contribution is 0.0780. The molecule has 0 saturated carbocycles. The Balaban J connectivity index is 0.00000200. The maximum atomic E-state index is 11.5. The van der Waals surface area contributed by atoms with Crippen LogP contribution >= 0.6 is 24.0 Å². The molecule has 118 valence electrons. The summed E-state index contributed by atoms with van der Waals surface area (Å²) in [7, 11) is -2.96. The standard InChI is InChI=1S/C12H23N3O3S.HI/c1-10-3-2-4-15(8-10)12(13)14-7-11-9-19(16,17)6-5-18-11;/h10-11H,2-9H2,1H3,(H2,13,14);1H. The van der Waals surface area contributed by atoms with Crippen molar-refractivity contribution >= 4 is 39.8 Å². The summed E-state index contributed by atoms with van der Waals surface area (Å²) < 4.78 is 28.4. The Kier molecular flexibility index (Phi) is 6.99. The van der Waals surface area contributed by atoms with Crippen molar-refractivity contribution in [3.8, 4) is 0 Å². The van der Waals surface area contributed by atoms with Gasteiger partial charge in [0.2, 0.25) is 0 Å². The predicted octanol–water partition coefficient (Wildman–Crippen LogP) is 0.465. The van der Waals surface area contributed by atoms with Crippen molar-refractivity contribution in [2.75, 3.05) is 37.7 Å². The van der Waals surface area contributed by atoms with Gasteiger partial charge in [-0.3, -0.25) is 4.99 Å². The van der Waals surface area contributed by atoms with Gasteiger partial charge in [-0.15, -0.1) is 24.0 Å². The normalized spacial score (nSPS) is 30.6. The van der Waals surface area contributed by atoms with Crippen molar-refractivity contribution in [1.82, 2.24) is 4.90 Å². The number of ether oxygens (including phenoxy) is 1. The Morgan fingerprint density at radius 1 is 1.50 bits per heavy atom. The number of piperidine rings is 1. The number of rotatable bonds is 2. The first-order chi connectivity index (χ1) is 8.96. The zero-order valence-electron chi connectivity index (χ0n) is 11.8. The van der Waals surface area contributed by atoms with Crippen molar-refractivity contribution < 1.29 is 13.2 Å². The van der Waals surface area contributed by atoms with Crippen LogP contribution in [0.15, 0.2) is 4.99 Å². The number of nitrogens with two attached hydrogens (primary N) is 1. The third-order valence-electron chi connectivity index (χ3n) is 3.63. The van der Waals surface area contributed by atoms with E-state index in [9.17, 15) is 8.42 Å². The second-order valence-electron chi connectivity index (χ2n) is 5.50. The smallest absolute Gasteiger partial charge is 0.191 e. The third kappa shape index (κ3) is 5.36. The van der Waals surface area contributed by atoms with Crippen molar-refractivity contribution in [3.63, 3.8) is 0 Å². The van der Waals surface area contributed by atoms with Gasteiger partial charge in [0.15, 0.2) is 15.8 Å². The van der Waals surface area contributed by atoms with Gasteiger partial charge < -0.3 is 15.4 Å². The molecule has 2 fully saturated rings. The molecular formula is C12H24IN3O3S. The molecule has 0 aromatic heterocycles. The summed E-state index contributed by atoms with van der Waals surface area (Å²) >= 11 is 0. The van der Waals surface area contributed by atoms with E-state index in [2.05, 4.69) is 16.8 Å². The molecule has 0 aromatic carbocycles. The van der Waals surface area contributed by atoms with Crippen LogP contribution < -0.4 is 5.73 Å². The second kappa shape index (κ2) is 7.79. The molecule has 2 heterocycles. The molecule has 2 atom stereocenters. The molecule has 0 radical (unpaired) electrons. The maximum absolute atomic E-state index is 11.5. The molecule has 2 saturated heterocycles. The summed E-state index contributed by atoms with van der Waals surface area (Å²) in [5.74, 6) is 1.32. The van der Waals surface area contributed by atoms with E-state index in [0.29, 0.717) is 18.4 Å². The van der Waals surface area contributed by atoms with Gasteiger partial charge in [0.05, 0.1) is 30.8 Å². The second-order valence-corrected chi connectivity index (χ2v) is 7.73. The summed E-state index contributed by atoms with van der Waals surface area (Å²) in [6.45, 7) is 4.66. The highest BCUT2D eigenvalue weighted by Gasteiger charge is 2.25. The van der Waals surface area contributed by atoms with Crippen LogP contribution in [0.2, 0.25) is 0 Å². The highest BCUT2D eigenvalue weighted by molar-refractivity contribution is 14.0. The van der Waals surface area contributed by atoms with E-state index in [0.717, 1.165) is 19.5 Å². The highest BCUT2D eigenvalue weighted by Crippen LogP contribution is 2.15. The molecular weight excluding hydrogens is 393 g/mol. The minimum Gasteiger partial charge on any atom is -0.374 e. The number of hydrogen-bond acceptors (Lipinski definition) is 4. The zero-order chi connectivity index (χ0) is 13.9. The van der Waals surface area contributed by atoms with E-state index in [-0.39, 0.29) is 48.2 Å². The lowest BCUT2D eigenvalue weighted by Crippen LogP contribution is -2.44. The van der Waals surface area contributed by atoms with Crippen LogP contribution in [0, 0.1) is 5.92 Å². The van der Waals surface area contributed by atoms with Crippen molar-refractivity contribution in [3.05, 3.63) is 0 Å². The van der Waals surface area contributed by atoms with E-state index < -0.39 is 9.84 Å². The number of sulfone groups is 1. The summed E-state index contributed by atoms with van der Waals surface area (Å²) in [4.78, 5) is 6.38. The van der Waals surface area contributed by atoms with Crippen LogP contribution in [0.25, 0.3) is 0 Å². The Bertz CT molecular complexity index is 441. The topological polar surface area (TPSA) is 85.0 Å². The number of hydrogen-bond donors (Lipinski definition) is 1. The number of nitrogens with zero attached hydrogens (tertiary/aromatic N) is 2. The van der Waals surface area contributed by atoms with E-state index >= 15 is 0 Å². The number of aliphatic imine (C=N–C) groups is 1. The Morgan fingerprint density at radius 3 is 2.90 bits per heavy atom. The van der Waals surface area contributed by atoms with E-state index in [4.69, 9.17) is 10.5 Å². The molecule has 2 aliphatic heterocycles. The Morgan fingerprint density at radius 2 is 2.25 bits per heavy atom. The lowest BCUT2D eigenvalue weighted by atomic mass is 10.0. The molecule has 6 nitrogen and oxygen atoms in total. The van der Waals surface area contributed by atoms with Gasteiger partial charge in [-0.25, -0.2) is 8.42 Å². The molecule has 0 aromatic rings. The van der Waals surface area contributed by atoms with Crippen LogP contribution in [0.5, 0.6) is 0 Å². The molecule has 0 aliphatic carbocycles. The summed E-state index contributed by atoms with van der Waals surface area (Å²) in [6, 6.07) is 0. The first-order valence-electron chi connectivity index (χ1n) is 6.83. The molecule has 2 rings (SSSR count). The van der Waals surface area contributed by atoms with Gasteiger partial charge in [0.1, 0.15) is 0 Å². The minimum atomic E-state index is -2.96. The number of guanidine groups is 1. The monoisotopic (exact) mass is 417 g/mol. The summed E-state index contributed by atoms with van der Waals surface area (Å²) in [5, 5.41) is 0. The first kappa shape index (κ1) is 18.0. The highest BCUT2D eigenvalue weighted by atomic mass is 127. The average molecular weight is 417 g/mol. The lowest BCUT2D eigenvalue weighted by Gasteiger charge is -2.32. The number of halogens is 1. The fraction of sp³-hybridized carbons (Fsp3) is 0.917. The zero-order valence-corrected chi connectivity index (χ0v) is 15.0. The van der Waals surface area contributed by atoms with Crippen LogP contribution in [-0.4, -0.2) is 63.1 Å². The van der Waals surface area contributed by atoms with Gasteiger partial charge in [-0.1, -0.05) is 6.92 Å². The first-order valence-corrected chi connectivity index (χ1v) is 8.65. The molecule has 2 unspecified atom stereocenters. The molecule has 0 bridgehead atoms. The quantitative estimate of drug-likeness (QED) is 0.401. The van der Waals surface area contributed by atoms with Gasteiger partial charge in [0.25, 0.3) is 0 Å². The largest absolute Gasteiger partial charge is 0.374 e. The number of likely N-dealkylation sites (tertiary alicyclic amines) is 1. The average Bonchev–Trinajstić information content (AvgIpc) is 2.35. The van der Waals surface area contributed by atoms with Gasteiger partial charge in [0, 0.05) is 13.1 Å². The van der Waals surface area contributed by atoms with Crippen molar-refractivity contribution in [1.29, 1.82) is 0 Å². The minimum absolute atomic E-state index is 0. The van der Waals surface area contributed by atoms with Crippen LogP contribution in [0.4, 0.5) is 0 Å². The van der Waals surface area contributed by atoms with Crippen LogP contribution in [0.1, 0.15) is 19.8 Å². The SMILES string of the molecule is CC1CCCN(C(N)=NCC2CS(=O)(=O)CCO2)C1.I. The van der Waals surface area contributed by atoms with E-state index in [1.54, 1.807) is 0 Å². The van der Waals surface area contributed by atoms with E-state index in [1.165, 1.54) is 6.42 Å². The maximum Gasteiger partial charge on any atom is 0.191 e. The summed E-state index contributed by atoms with van der Waals surface area (Å²) in [5.41, 5.74) is 5.97. The molecule has 8 heteroatoms. The van der Waals surface area contributed by atoms with Gasteiger partial charge in [-0.05, 0) is 18.8 Å². The van der Waals surface area contributed by atoms with Crippen LogP contribution in [0.3, 0.4) is 0 Å². The molecule has 2 aliphatic rings. The molecule has 0 spiro atoms. The molecule has 20 heavy (non-hydrogen) atoms. The Labute approximate surface area is 138 Å². The third-order valence-corrected chi connectivity index (χ3v) is 5.29. The van der Waals surface area contributed by atoms with Crippen molar-refractivity contribution in [2.45, 2.75) is 25.9 Å². The van der Waals surface area contributed by atoms with Gasteiger partial charge >= 0.3 is 0 Å². The molecule has 0 amide bonds. The molecule has 2 N–H and O–H groups in total.